The number of furan rings is 1. The van der Waals surface area contributed by atoms with Crippen LogP contribution in [0.15, 0.2) is 27.3 Å². The highest BCUT2D eigenvalue weighted by atomic mass is 79.9. The first kappa shape index (κ1) is 15.5. The van der Waals surface area contributed by atoms with Gasteiger partial charge in [0.2, 0.25) is 5.91 Å². The predicted octanol–water partition coefficient (Wildman–Crippen LogP) is 2.77. The molecule has 0 aliphatic heterocycles. The molecule has 0 fully saturated rings. The Kier molecular flexibility index (Phi) is 4.94. The summed E-state index contributed by atoms with van der Waals surface area (Å²) in [7, 11) is 0. The molecule has 0 bridgehead atoms. The van der Waals surface area contributed by atoms with Crippen molar-refractivity contribution in [2.45, 2.75) is 26.3 Å². The maximum absolute atomic E-state index is 12.0. The third-order valence-electron chi connectivity index (χ3n) is 2.76. The lowest BCUT2D eigenvalue weighted by atomic mass is 10.0. The number of aliphatic carboxylic acids is 1. The van der Waals surface area contributed by atoms with E-state index in [-0.39, 0.29) is 5.91 Å². The fraction of sp³-hybridized carbons (Fsp3) is 0.385. The Morgan fingerprint density at radius 1 is 1.47 bits per heavy atom. The van der Waals surface area contributed by atoms with E-state index in [4.69, 9.17) is 9.52 Å². The molecule has 5 nitrogen and oxygen atoms in total. The van der Waals surface area contributed by atoms with E-state index in [1.165, 1.54) is 30.9 Å². The van der Waals surface area contributed by atoms with Gasteiger partial charge in [0.25, 0.3) is 0 Å². The van der Waals surface area contributed by atoms with Crippen LogP contribution in [-0.4, -0.2) is 34.0 Å². The van der Waals surface area contributed by atoms with Crippen LogP contribution < -0.4 is 0 Å². The predicted molar refractivity (Wildman–Crippen MR) is 74.5 cm³/mol. The number of carbonyl (C=O) groups is 2. The van der Waals surface area contributed by atoms with Gasteiger partial charge in [0.1, 0.15) is 11.3 Å². The summed E-state index contributed by atoms with van der Waals surface area (Å²) in [5.74, 6) is -0.899. The summed E-state index contributed by atoms with van der Waals surface area (Å²) >= 11 is 3.16. The van der Waals surface area contributed by atoms with E-state index in [1.807, 2.05) is 0 Å². The summed E-state index contributed by atoms with van der Waals surface area (Å²) in [4.78, 5) is 24.5. The SMILES string of the molecule is CCN(C(=O)C=Cc1ccc(Br)o1)C(C)(C)C(=O)O. The minimum atomic E-state index is -1.25. The number of carbonyl (C=O) groups excluding carboxylic acids is 1. The van der Waals surface area contributed by atoms with Crippen molar-refractivity contribution in [1.82, 2.24) is 4.90 Å². The number of rotatable bonds is 5. The third kappa shape index (κ3) is 3.70. The van der Waals surface area contributed by atoms with E-state index >= 15 is 0 Å². The van der Waals surface area contributed by atoms with Crippen molar-refractivity contribution in [2.24, 2.45) is 0 Å². The number of carboxylic acid groups (broad SMARTS) is 1. The molecule has 0 aliphatic rings. The monoisotopic (exact) mass is 329 g/mol. The smallest absolute Gasteiger partial charge is 0.329 e. The van der Waals surface area contributed by atoms with Crippen LogP contribution in [0.5, 0.6) is 0 Å². The summed E-state index contributed by atoms with van der Waals surface area (Å²) in [5.41, 5.74) is -1.25. The number of hydrogen-bond acceptors (Lipinski definition) is 3. The standard InChI is InChI=1S/C13H16BrNO4/c1-4-15(13(2,3)12(17)18)11(16)8-6-9-5-7-10(14)19-9/h5-8H,4H2,1-3H3,(H,17,18). The molecule has 0 saturated carbocycles. The van der Waals surface area contributed by atoms with Crippen LogP contribution in [0.4, 0.5) is 0 Å². The summed E-state index contributed by atoms with van der Waals surface area (Å²) in [6.45, 7) is 5.03. The van der Waals surface area contributed by atoms with E-state index in [2.05, 4.69) is 15.9 Å². The summed E-state index contributed by atoms with van der Waals surface area (Å²) in [6, 6.07) is 3.41. The van der Waals surface area contributed by atoms with E-state index in [0.717, 1.165) is 0 Å². The topological polar surface area (TPSA) is 70.8 Å². The fourth-order valence-electron chi connectivity index (χ4n) is 1.60. The molecule has 0 spiro atoms. The van der Waals surface area contributed by atoms with Gasteiger partial charge in [-0.15, -0.1) is 0 Å². The summed E-state index contributed by atoms with van der Waals surface area (Å²) in [6.07, 6.45) is 2.81. The fourth-order valence-corrected chi connectivity index (χ4v) is 1.92. The lowest BCUT2D eigenvalue weighted by Gasteiger charge is -2.33. The third-order valence-corrected chi connectivity index (χ3v) is 3.19. The average molecular weight is 330 g/mol. The first-order valence-corrected chi connectivity index (χ1v) is 6.56. The number of likely N-dealkylation sites (N-methyl/N-ethyl adjacent to an activating group) is 1. The normalized spacial score (nSPS) is 11.8. The van der Waals surface area contributed by atoms with Crippen LogP contribution in [0.1, 0.15) is 26.5 Å². The first-order valence-electron chi connectivity index (χ1n) is 5.77. The van der Waals surface area contributed by atoms with Crippen molar-refractivity contribution in [3.8, 4) is 0 Å². The van der Waals surface area contributed by atoms with Crippen LogP contribution in [0, 0.1) is 0 Å². The Labute approximate surface area is 120 Å². The van der Waals surface area contributed by atoms with Crippen molar-refractivity contribution in [2.75, 3.05) is 6.54 Å². The van der Waals surface area contributed by atoms with Gasteiger partial charge in [0.05, 0.1) is 0 Å². The second-order valence-corrected chi connectivity index (χ2v) is 5.20. The quantitative estimate of drug-likeness (QED) is 0.843. The Bertz CT molecular complexity index is 504. The van der Waals surface area contributed by atoms with Gasteiger partial charge < -0.3 is 14.4 Å². The van der Waals surface area contributed by atoms with Gasteiger partial charge in [-0.3, -0.25) is 4.79 Å². The van der Waals surface area contributed by atoms with Crippen molar-refractivity contribution < 1.29 is 19.1 Å². The molecular formula is C13H16BrNO4. The molecule has 1 aromatic heterocycles. The van der Waals surface area contributed by atoms with Gasteiger partial charge in [-0.25, -0.2) is 4.79 Å². The first-order chi connectivity index (χ1) is 8.78. The minimum Gasteiger partial charge on any atom is -0.480 e. The molecule has 6 heteroatoms. The van der Waals surface area contributed by atoms with Crippen LogP contribution in [-0.2, 0) is 9.59 Å². The average Bonchev–Trinajstić information content (AvgIpc) is 2.73. The van der Waals surface area contributed by atoms with Crippen LogP contribution in [0.3, 0.4) is 0 Å². The van der Waals surface area contributed by atoms with Gasteiger partial charge in [0.15, 0.2) is 4.67 Å². The Morgan fingerprint density at radius 3 is 2.53 bits per heavy atom. The zero-order valence-corrected chi connectivity index (χ0v) is 12.6. The van der Waals surface area contributed by atoms with Crippen LogP contribution in [0.2, 0.25) is 0 Å². The number of carboxylic acids is 1. The van der Waals surface area contributed by atoms with Crippen LogP contribution in [0.25, 0.3) is 6.08 Å². The van der Waals surface area contributed by atoms with Gasteiger partial charge >= 0.3 is 5.97 Å². The molecule has 1 aromatic rings. The van der Waals surface area contributed by atoms with Crippen LogP contribution >= 0.6 is 15.9 Å². The van der Waals surface area contributed by atoms with E-state index < -0.39 is 11.5 Å². The summed E-state index contributed by atoms with van der Waals surface area (Å²) in [5, 5.41) is 9.14. The highest BCUT2D eigenvalue weighted by molar-refractivity contribution is 9.10. The second kappa shape index (κ2) is 6.06. The minimum absolute atomic E-state index is 0.310. The zero-order valence-electron chi connectivity index (χ0n) is 11.0. The van der Waals surface area contributed by atoms with E-state index in [0.29, 0.717) is 17.0 Å². The molecule has 0 aliphatic carbocycles. The number of nitrogens with zero attached hydrogens (tertiary/aromatic N) is 1. The molecule has 0 aromatic carbocycles. The highest BCUT2D eigenvalue weighted by Crippen LogP contribution is 2.17. The van der Waals surface area contributed by atoms with E-state index in [1.54, 1.807) is 19.1 Å². The molecule has 104 valence electrons. The molecule has 0 unspecified atom stereocenters. The lowest BCUT2D eigenvalue weighted by molar-refractivity contribution is -0.154. The van der Waals surface area contributed by atoms with Gasteiger partial charge in [-0.1, -0.05) is 0 Å². The number of hydrogen-bond donors (Lipinski definition) is 1. The molecule has 0 saturated heterocycles. The maximum atomic E-state index is 12.0. The molecule has 1 N–H and O–H groups in total. The molecule has 1 rings (SSSR count). The molecular weight excluding hydrogens is 314 g/mol. The van der Waals surface area contributed by atoms with Crippen molar-refractivity contribution in [1.29, 1.82) is 0 Å². The largest absolute Gasteiger partial charge is 0.480 e. The molecule has 1 amide bonds. The van der Waals surface area contributed by atoms with E-state index in [9.17, 15) is 9.59 Å². The molecule has 0 atom stereocenters. The number of halogens is 1. The van der Waals surface area contributed by atoms with Gasteiger partial charge in [-0.05, 0) is 54.9 Å². The Balaban J connectivity index is 2.86. The Morgan fingerprint density at radius 2 is 2.11 bits per heavy atom. The van der Waals surface area contributed by atoms with Gasteiger partial charge in [-0.2, -0.15) is 0 Å². The maximum Gasteiger partial charge on any atom is 0.329 e. The molecule has 1 heterocycles. The van der Waals surface area contributed by atoms with Crippen molar-refractivity contribution in [3.05, 3.63) is 28.6 Å². The van der Waals surface area contributed by atoms with Crippen molar-refractivity contribution >= 4 is 33.9 Å². The van der Waals surface area contributed by atoms with Crippen molar-refractivity contribution in [3.63, 3.8) is 0 Å². The Hall–Kier alpha value is -1.56. The molecule has 0 radical (unpaired) electrons. The zero-order chi connectivity index (χ0) is 14.6. The highest BCUT2D eigenvalue weighted by Gasteiger charge is 2.35. The van der Waals surface area contributed by atoms with Gasteiger partial charge in [0, 0.05) is 12.6 Å². The lowest BCUT2D eigenvalue weighted by Crippen LogP contribution is -2.52. The second-order valence-electron chi connectivity index (χ2n) is 4.42. The molecule has 19 heavy (non-hydrogen) atoms. The number of amides is 1. The summed E-state index contributed by atoms with van der Waals surface area (Å²) < 4.78 is 5.79.